The summed E-state index contributed by atoms with van der Waals surface area (Å²) in [5.74, 6) is -0.204. The van der Waals surface area contributed by atoms with Gasteiger partial charge in [-0.25, -0.2) is 0 Å². The van der Waals surface area contributed by atoms with E-state index in [2.05, 4.69) is 10.3 Å². The normalized spacial score (nSPS) is 19.6. The van der Waals surface area contributed by atoms with E-state index >= 15 is 0 Å². The minimum Gasteiger partial charge on any atom is -0.364 e. The largest absolute Gasteiger partial charge is 0.364 e. The van der Waals surface area contributed by atoms with E-state index in [9.17, 15) is 9.59 Å². The molecule has 2 rings (SSSR count). The van der Waals surface area contributed by atoms with Crippen LogP contribution >= 0.6 is 0 Å². The van der Waals surface area contributed by atoms with Gasteiger partial charge in [-0.1, -0.05) is 0 Å². The van der Waals surface area contributed by atoms with Crippen LogP contribution in [0.3, 0.4) is 0 Å². The summed E-state index contributed by atoms with van der Waals surface area (Å²) in [7, 11) is 1.76. The first kappa shape index (κ1) is 12.8. The number of rotatable bonds is 2. The monoisotopic (exact) mass is 249 g/mol. The molecular weight excluding hydrogens is 230 g/mol. The van der Waals surface area contributed by atoms with E-state index in [1.807, 2.05) is 0 Å². The molecule has 2 N–H and O–H groups in total. The Balaban J connectivity index is 2.17. The van der Waals surface area contributed by atoms with Crippen molar-refractivity contribution in [1.82, 2.24) is 15.2 Å². The highest BCUT2D eigenvalue weighted by Crippen LogP contribution is 2.10. The maximum absolute atomic E-state index is 12.3. The van der Waals surface area contributed by atoms with Crippen molar-refractivity contribution in [1.29, 1.82) is 0 Å². The Morgan fingerprint density at radius 3 is 2.89 bits per heavy atom. The van der Waals surface area contributed by atoms with Gasteiger partial charge in [-0.2, -0.15) is 0 Å². The van der Waals surface area contributed by atoms with Crippen LogP contribution in [0, 0.1) is 6.92 Å². The maximum atomic E-state index is 12.3. The Labute approximate surface area is 106 Å². The predicted octanol–water partition coefficient (Wildman–Crippen LogP) is 0.507. The molecule has 1 amide bonds. The number of nitrogens with one attached hydrogen (secondary N) is 2. The molecule has 1 aliphatic rings. The molecule has 1 unspecified atom stereocenters. The van der Waals surface area contributed by atoms with Gasteiger partial charge in [0.2, 0.25) is 0 Å². The van der Waals surface area contributed by atoms with Crippen LogP contribution in [0.15, 0.2) is 17.1 Å². The topological polar surface area (TPSA) is 65.2 Å². The molecule has 5 nitrogen and oxygen atoms in total. The molecule has 1 fully saturated rings. The van der Waals surface area contributed by atoms with E-state index in [1.54, 1.807) is 18.9 Å². The highest BCUT2D eigenvalue weighted by Gasteiger charge is 2.24. The summed E-state index contributed by atoms with van der Waals surface area (Å²) in [6.07, 6.45) is 3.55. The van der Waals surface area contributed by atoms with Crippen LogP contribution in [0.4, 0.5) is 0 Å². The molecular formula is C13H19N3O2. The Hall–Kier alpha value is -1.62. The van der Waals surface area contributed by atoms with Gasteiger partial charge in [-0.3, -0.25) is 9.59 Å². The average Bonchev–Trinajstić information content (AvgIpc) is 2.38. The van der Waals surface area contributed by atoms with Crippen LogP contribution in [0.1, 0.15) is 28.9 Å². The van der Waals surface area contributed by atoms with Crippen LogP contribution in [0.5, 0.6) is 0 Å². The van der Waals surface area contributed by atoms with Gasteiger partial charge in [-0.05, 0) is 26.3 Å². The van der Waals surface area contributed by atoms with Gasteiger partial charge in [-0.15, -0.1) is 0 Å². The van der Waals surface area contributed by atoms with Gasteiger partial charge in [0, 0.05) is 37.6 Å². The fourth-order valence-electron chi connectivity index (χ4n) is 2.26. The van der Waals surface area contributed by atoms with Crippen LogP contribution in [0.2, 0.25) is 0 Å². The zero-order valence-electron chi connectivity index (χ0n) is 10.8. The third kappa shape index (κ3) is 2.61. The summed E-state index contributed by atoms with van der Waals surface area (Å²) in [6, 6.07) is 1.63. The molecule has 0 spiro atoms. The number of carbonyl (C=O) groups excluding carboxylic acids is 1. The zero-order valence-corrected chi connectivity index (χ0v) is 10.8. The van der Waals surface area contributed by atoms with E-state index in [-0.39, 0.29) is 22.9 Å². The fraction of sp³-hybridized carbons (Fsp3) is 0.538. The quantitative estimate of drug-likeness (QED) is 0.802. The summed E-state index contributed by atoms with van der Waals surface area (Å²) in [4.78, 5) is 28.6. The van der Waals surface area contributed by atoms with Crippen molar-refractivity contribution in [3.05, 3.63) is 33.7 Å². The van der Waals surface area contributed by atoms with Crippen LogP contribution in [-0.2, 0) is 0 Å². The molecule has 1 saturated heterocycles. The van der Waals surface area contributed by atoms with E-state index in [0.717, 1.165) is 31.6 Å². The van der Waals surface area contributed by atoms with Crippen molar-refractivity contribution in [2.45, 2.75) is 25.8 Å². The van der Waals surface area contributed by atoms with E-state index in [1.165, 1.54) is 12.3 Å². The highest BCUT2D eigenvalue weighted by molar-refractivity contribution is 5.93. The van der Waals surface area contributed by atoms with Gasteiger partial charge < -0.3 is 15.2 Å². The van der Waals surface area contributed by atoms with Crippen LogP contribution in [-0.4, -0.2) is 42.0 Å². The molecule has 0 radical (unpaired) electrons. The number of hydrogen-bond acceptors (Lipinski definition) is 3. The predicted molar refractivity (Wildman–Crippen MR) is 69.8 cm³/mol. The molecule has 1 atom stereocenters. The Morgan fingerprint density at radius 1 is 1.50 bits per heavy atom. The first-order valence-corrected chi connectivity index (χ1v) is 6.27. The van der Waals surface area contributed by atoms with E-state index in [4.69, 9.17) is 0 Å². The molecule has 0 aromatic carbocycles. The Kier molecular flexibility index (Phi) is 3.81. The molecule has 2 heterocycles. The lowest BCUT2D eigenvalue weighted by Gasteiger charge is -2.31. The third-order valence-electron chi connectivity index (χ3n) is 3.43. The lowest BCUT2D eigenvalue weighted by molar-refractivity contribution is 0.0706. The minimum absolute atomic E-state index is 0.173. The second-order valence-electron chi connectivity index (χ2n) is 4.81. The summed E-state index contributed by atoms with van der Waals surface area (Å²) >= 11 is 0. The molecule has 5 heteroatoms. The lowest BCUT2D eigenvalue weighted by Crippen LogP contribution is -2.47. The average molecular weight is 249 g/mol. The van der Waals surface area contributed by atoms with Gasteiger partial charge in [0.15, 0.2) is 5.43 Å². The number of H-pyrrole nitrogens is 1. The van der Waals surface area contributed by atoms with Crippen molar-refractivity contribution in [3.8, 4) is 0 Å². The molecule has 0 aliphatic carbocycles. The minimum atomic E-state index is -0.216. The second kappa shape index (κ2) is 5.35. The van der Waals surface area contributed by atoms with Crippen molar-refractivity contribution >= 4 is 5.91 Å². The smallest absolute Gasteiger partial charge is 0.259 e. The van der Waals surface area contributed by atoms with Crippen LogP contribution in [0.25, 0.3) is 0 Å². The maximum Gasteiger partial charge on any atom is 0.259 e. The Morgan fingerprint density at radius 2 is 2.28 bits per heavy atom. The van der Waals surface area contributed by atoms with Crippen molar-refractivity contribution < 1.29 is 4.79 Å². The van der Waals surface area contributed by atoms with Gasteiger partial charge in [0.1, 0.15) is 5.56 Å². The van der Waals surface area contributed by atoms with Crippen molar-refractivity contribution in [2.24, 2.45) is 0 Å². The van der Waals surface area contributed by atoms with Gasteiger partial charge in [0.05, 0.1) is 0 Å². The lowest BCUT2D eigenvalue weighted by atomic mass is 10.1. The number of piperidine rings is 1. The summed E-state index contributed by atoms with van der Waals surface area (Å²) in [5.41, 5.74) is 0.763. The highest BCUT2D eigenvalue weighted by atomic mass is 16.2. The number of pyridine rings is 1. The molecule has 0 bridgehead atoms. The number of nitrogens with zero attached hydrogens (tertiary/aromatic N) is 1. The fourth-order valence-corrected chi connectivity index (χ4v) is 2.26. The molecule has 18 heavy (non-hydrogen) atoms. The number of aryl methyl sites for hydroxylation is 1. The Bertz CT molecular complexity index is 489. The molecule has 0 saturated carbocycles. The SMILES string of the molecule is Cc1cc(=O)c(C(=O)N(C)C2CCCNC2)c[nH]1. The molecule has 1 aromatic heterocycles. The third-order valence-corrected chi connectivity index (χ3v) is 3.43. The van der Waals surface area contributed by atoms with Gasteiger partial charge >= 0.3 is 0 Å². The zero-order chi connectivity index (χ0) is 13.1. The number of hydrogen-bond donors (Lipinski definition) is 2. The van der Waals surface area contributed by atoms with E-state index < -0.39 is 0 Å². The first-order valence-electron chi connectivity index (χ1n) is 6.27. The molecule has 1 aliphatic heterocycles. The molecule has 1 aromatic rings. The number of aromatic nitrogens is 1. The first-order chi connectivity index (χ1) is 8.59. The standard InChI is InChI=1S/C13H19N3O2/c1-9-6-12(17)11(8-15-9)13(18)16(2)10-4-3-5-14-7-10/h6,8,10,14H,3-5,7H2,1-2H3,(H,15,17). The summed E-state index contributed by atoms with van der Waals surface area (Å²) in [5, 5.41) is 3.27. The number of carbonyl (C=O) groups is 1. The van der Waals surface area contributed by atoms with Crippen molar-refractivity contribution in [2.75, 3.05) is 20.1 Å². The summed E-state index contributed by atoms with van der Waals surface area (Å²) < 4.78 is 0. The van der Waals surface area contributed by atoms with Crippen molar-refractivity contribution in [3.63, 3.8) is 0 Å². The molecule has 98 valence electrons. The number of amides is 1. The second-order valence-corrected chi connectivity index (χ2v) is 4.81. The number of likely N-dealkylation sites (N-methyl/N-ethyl adjacent to an activating group) is 1. The van der Waals surface area contributed by atoms with E-state index in [0.29, 0.717) is 0 Å². The summed E-state index contributed by atoms with van der Waals surface area (Å²) in [6.45, 7) is 3.60. The van der Waals surface area contributed by atoms with Gasteiger partial charge in [0.25, 0.3) is 5.91 Å². The number of aromatic amines is 1. The van der Waals surface area contributed by atoms with Crippen LogP contribution < -0.4 is 10.7 Å².